The van der Waals surface area contributed by atoms with Crippen LogP contribution in [0.3, 0.4) is 0 Å². The Balaban J connectivity index is 1.39. The number of nitrogens with one attached hydrogen (secondary N) is 2. The monoisotopic (exact) mass is 465 g/mol. The highest BCUT2D eigenvalue weighted by molar-refractivity contribution is 6.12. The van der Waals surface area contributed by atoms with Crippen LogP contribution in [0.1, 0.15) is 11.1 Å². The van der Waals surface area contributed by atoms with Gasteiger partial charge in [-0.1, -0.05) is 60.7 Å². The van der Waals surface area contributed by atoms with E-state index in [9.17, 15) is 23.2 Å². The quantitative estimate of drug-likeness (QED) is 0.563. The van der Waals surface area contributed by atoms with Crippen molar-refractivity contribution in [3.05, 3.63) is 90.0 Å². The first-order valence-corrected chi connectivity index (χ1v) is 10.2. The topological polar surface area (TPSA) is 97.0 Å². The average Bonchev–Trinajstić information content (AvgIpc) is 3.27. The molecule has 8 nitrogen and oxygen atoms in total. The van der Waals surface area contributed by atoms with Gasteiger partial charge in [-0.15, -0.1) is 8.78 Å². The van der Waals surface area contributed by atoms with E-state index in [0.717, 1.165) is 11.0 Å². The molecular formula is C24H17F2N3O5. The summed E-state index contributed by atoms with van der Waals surface area (Å²) in [5, 5.41) is 5.23. The van der Waals surface area contributed by atoms with Crippen LogP contribution in [0.5, 0.6) is 11.5 Å². The molecule has 0 radical (unpaired) electrons. The van der Waals surface area contributed by atoms with Gasteiger partial charge >= 0.3 is 12.3 Å². The number of urea groups is 1. The van der Waals surface area contributed by atoms with Gasteiger partial charge in [-0.25, -0.2) is 4.79 Å². The van der Waals surface area contributed by atoms with E-state index in [1.165, 1.54) is 12.1 Å². The summed E-state index contributed by atoms with van der Waals surface area (Å²) in [7, 11) is 0. The normalized spacial score (nSPS) is 17.4. The molecule has 0 aromatic heterocycles. The molecule has 1 saturated heterocycles. The maximum Gasteiger partial charge on any atom is 0.586 e. The Hall–Kier alpha value is -4.47. The largest absolute Gasteiger partial charge is 0.586 e. The summed E-state index contributed by atoms with van der Waals surface area (Å²) >= 11 is 0. The molecule has 2 heterocycles. The Labute approximate surface area is 192 Å². The second-order valence-electron chi connectivity index (χ2n) is 7.68. The molecule has 4 amide bonds. The Morgan fingerprint density at radius 3 is 2.09 bits per heavy atom. The third-order valence-corrected chi connectivity index (χ3v) is 5.51. The highest BCUT2D eigenvalue weighted by Crippen LogP contribution is 2.42. The number of ether oxygens (including phenoxy) is 2. The fraction of sp³-hybridized carbons (Fsp3) is 0.125. The first-order chi connectivity index (χ1) is 16.3. The number of anilines is 1. The van der Waals surface area contributed by atoms with E-state index in [-0.39, 0.29) is 17.2 Å². The first kappa shape index (κ1) is 21.4. The lowest BCUT2D eigenvalue weighted by molar-refractivity contribution is -0.286. The summed E-state index contributed by atoms with van der Waals surface area (Å²) in [4.78, 5) is 39.9. The molecule has 0 aliphatic carbocycles. The SMILES string of the molecule is O=C(CN1C(=O)NC(c2ccccc2)(c2ccccc2)C1=O)Nc1ccc2c(c1)OC(F)(F)O2. The molecule has 0 unspecified atom stereocenters. The van der Waals surface area contributed by atoms with Crippen LogP contribution in [0.4, 0.5) is 19.3 Å². The Kier molecular flexibility index (Phi) is 4.93. The van der Waals surface area contributed by atoms with Crippen molar-refractivity contribution in [3.63, 3.8) is 0 Å². The van der Waals surface area contributed by atoms with Crippen molar-refractivity contribution in [1.29, 1.82) is 0 Å². The van der Waals surface area contributed by atoms with Crippen LogP contribution in [0.2, 0.25) is 0 Å². The van der Waals surface area contributed by atoms with Crippen LogP contribution in [0, 0.1) is 0 Å². The van der Waals surface area contributed by atoms with Crippen molar-refractivity contribution in [1.82, 2.24) is 10.2 Å². The smallest absolute Gasteiger partial charge is 0.395 e. The third kappa shape index (κ3) is 3.58. The van der Waals surface area contributed by atoms with Crippen molar-refractivity contribution in [3.8, 4) is 11.5 Å². The van der Waals surface area contributed by atoms with Crippen molar-refractivity contribution < 1.29 is 32.6 Å². The van der Waals surface area contributed by atoms with Gasteiger partial charge < -0.3 is 20.1 Å². The average molecular weight is 465 g/mol. The Morgan fingerprint density at radius 1 is 0.882 bits per heavy atom. The van der Waals surface area contributed by atoms with E-state index in [1.807, 2.05) is 0 Å². The summed E-state index contributed by atoms with van der Waals surface area (Å²) in [5.74, 6) is -1.74. The lowest BCUT2D eigenvalue weighted by Crippen LogP contribution is -2.45. The van der Waals surface area contributed by atoms with Gasteiger partial charge in [0.05, 0.1) is 0 Å². The second-order valence-corrected chi connectivity index (χ2v) is 7.68. The molecule has 2 aliphatic rings. The van der Waals surface area contributed by atoms with Gasteiger partial charge in [-0.3, -0.25) is 14.5 Å². The van der Waals surface area contributed by atoms with E-state index in [0.29, 0.717) is 11.1 Å². The molecule has 0 bridgehead atoms. The van der Waals surface area contributed by atoms with Crippen LogP contribution in [0.25, 0.3) is 0 Å². The highest BCUT2D eigenvalue weighted by Gasteiger charge is 2.54. The van der Waals surface area contributed by atoms with Crippen molar-refractivity contribution >= 4 is 23.5 Å². The highest BCUT2D eigenvalue weighted by atomic mass is 19.3. The second kappa shape index (κ2) is 7.84. The van der Waals surface area contributed by atoms with Crippen LogP contribution in [-0.4, -0.2) is 35.6 Å². The maximum atomic E-state index is 13.6. The zero-order valence-corrected chi connectivity index (χ0v) is 17.5. The van der Waals surface area contributed by atoms with Crippen LogP contribution in [-0.2, 0) is 15.1 Å². The molecule has 2 aliphatic heterocycles. The van der Waals surface area contributed by atoms with E-state index in [4.69, 9.17) is 0 Å². The molecule has 10 heteroatoms. The van der Waals surface area contributed by atoms with Gasteiger partial charge in [0.15, 0.2) is 17.0 Å². The first-order valence-electron chi connectivity index (χ1n) is 10.2. The molecule has 2 N–H and O–H groups in total. The molecule has 0 atom stereocenters. The summed E-state index contributed by atoms with van der Waals surface area (Å²) in [5.41, 5.74) is -0.280. The van der Waals surface area contributed by atoms with Crippen molar-refractivity contribution in [2.45, 2.75) is 11.8 Å². The van der Waals surface area contributed by atoms with Gasteiger partial charge in [-0.2, -0.15) is 0 Å². The van der Waals surface area contributed by atoms with Gasteiger partial charge in [0.2, 0.25) is 5.91 Å². The van der Waals surface area contributed by atoms with Crippen LogP contribution < -0.4 is 20.1 Å². The fourth-order valence-electron chi connectivity index (χ4n) is 4.02. The maximum absolute atomic E-state index is 13.6. The zero-order valence-electron chi connectivity index (χ0n) is 17.5. The molecule has 34 heavy (non-hydrogen) atoms. The summed E-state index contributed by atoms with van der Waals surface area (Å²) in [6, 6.07) is 20.4. The summed E-state index contributed by atoms with van der Waals surface area (Å²) in [6.45, 7) is -0.587. The van der Waals surface area contributed by atoms with E-state index >= 15 is 0 Å². The lowest BCUT2D eigenvalue weighted by atomic mass is 9.82. The minimum atomic E-state index is -3.79. The van der Waals surface area contributed by atoms with E-state index in [1.54, 1.807) is 60.7 Å². The number of imide groups is 1. The predicted octanol–water partition coefficient (Wildman–Crippen LogP) is 3.44. The standard InChI is InChI=1S/C24H17F2N3O5/c25-24(26)33-18-12-11-17(13-19(18)34-24)27-20(30)14-29-21(31)23(28-22(29)32,15-7-3-1-4-8-15)16-9-5-2-6-10-16/h1-13H,14H2,(H,27,30)(H,28,32). The number of halogens is 2. The lowest BCUT2D eigenvalue weighted by Gasteiger charge is -2.28. The van der Waals surface area contributed by atoms with Gasteiger partial charge in [-0.05, 0) is 23.3 Å². The number of hydrogen-bond donors (Lipinski definition) is 2. The van der Waals surface area contributed by atoms with Crippen LogP contribution >= 0.6 is 0 Å². The number of amides is 4. The minimum Gasteiger partial charge on any atom is -0.395 e. The molecule has 172 valence electrons. The van der Waals surface area contributed by atoms with Gasteiger partial charge in [0.1, 0.15) is 6.54 Å². The minimum absolute atomic E-state index is 0.134. The van der Waals surface area contributed by atoms with Crippen molar-refractivity contribution in [2.75, 3.05) is 11.9 Å². The fourth-order valence-corrected chi connectivity index (χ4v) is 4.02. The van der Waals surface area contributed by atoms with E-state index in [2.05, 4.69) is 20.1 Å². The van der Waals surface area contributed by atoms with Crippen LogP contribution in [0.15, 0.2) is 78.9 Å². The molecule has 1 fully saturated rings. The Bertz CT molecular complexity index is 1240. The number of carbonyl (C=O) groups excluding carboxylic acids is 3. The number of carbonyl (C=O) groups is 3. The van der Waals surface area contributed by atoms with E-state index < -0.39 is 36.2 Å². The molecule has 5 rings (SSSR count). The number of hydrogen-bond acceptors (Lipinski definition) is 5. The summed E-state index contributed by atoms with van der Waals surface area (Å²) < 4.78 is 35.1. The molecule has 0 saturated carbocycles. The third-order valence-electron chi connectivity index (χ3n) is 5.51. The molecule has 0 spiro atoms. The van der Waals surface area contributed by atoms with Gasteiger partial charge in [0.25, 0.3) is 5.91 Å². The number of nitrogens with zero attached hydrogens (tertiary/aromatic N) is 1. The number of benzene rings is 3. The number of fused-ring (bicyclic) bond motifs is 1. The summed E-state index contributed by atoms with van der Waals surface area (Å²) in [6.07, 6.45) is -3.79. The molecular weight excluding hydrogens is 448 g/mol. The Morgan fingerprint density at radius 2 is 1.47 bits per heavy atom. The molecule has 3 aromatic rings. The number of alkyl halides is 2. The zero-order chi connectivity index (χ0) is 23.9. The molecule has 3 aromatic carbocycles. The number of rotatable bonds is 5. The van der Waals surface area contributed by atoms with Crippen molar-refractivity contribution in [2.24, 2.45) is 0 Å². The predicted molar refractivity (Wildman–Crippen MR) is 115 cm³/mol. The van der Waals surface area contributed by atoms with Gasteiger partial charge in [0, 0.05) is 11.8 Å².